The molecule has 0 bridgehead atoms. The first-order chi connectivity index (χ1) is 16.2. The van der Waals surface area contributed by atoms with Crippen LogP contribution in [0.3, 0.4) is 0 Å². The van der Waals surface area contributed by atoms with Gasteiger partial charge in [0.05, 0.1) is 6.20 Å². The molecule has 8 nitrogen and oxygen atoms in total. The van der Waals surface area contributed by atoms with Crippen molar-refractivity contribution in [2.24, 2.45) is 0 Å². The lowest BCUT2D eigenvalue weighted by molar-refractivity contribution is -0.118. The minimum absolute atomic E-state index is 0.116. The minimum Gasteiger partial charge on any atom is -0.355 e. The van der Waals surface area contributed by atoms with Crippen LogP contribution in [0.1, 0.15) is 42.6 Å². The van der Waals surface area contributed by atoms with Gasteiger partial charge in [0.25, 0.3) is 5.91 Å². The summed E-state index contributed by atoms with van der Waals surface area (Å²) in [6.45, 7) is 4.30. The normalized spacial score (nSPS) is 14.7. The Kier molecular flexibility index (Phi) is 6.43. The van der Waals surface area contributed by atoms with Gasteiger partial charge in [-0.15, -0.1) is 0 Å². The number of carbonyl (C=O) groups excluding carboxylic acids is 2. The fraction of sp³-hybridized carbons (Fsp3) is 0.280. The van der Waals surface area contributed by atoms with Crippen LogP contribution in [0.2, 0.25) is 5.02 Å². The molecule has 2 aromatic carbocycles. The van der Waals surface area contributed by atoms with Gasteiger partial charge in [-0.2, -0.15) is 4.98 Å². The molecule has 4 rings (SSSR count). The molecule has 3 aromatic rings. The van der Waals surface area contributed by atoms with Crippen molar-refractivity contribution in [2.75, 3.05) is 29.6 Å². The second kappa shape index (κ2) is 9.30. The molecule has 0 unspecified atom stereocenters. The number of halogens is 1. The van der Waals surface area contributed by atoms with Crippen LogP contribution in [-0.4, -0.2) is 35.9 Å². The zero-order valence-corrected chi connectivity index (χ0v) is 20.3. The van der Waals surface area contributed by atoms with Gasteiger partial charge in [0.2, 0.25) is 11.9 Å². The fourth-order valence-corrected chi connectivity index (χ4v) is 4.11. The molecule has 9 heteroatoms. The molecular formula is C25H27ClN6O2. The monoisotopic (exact) mass is 478 g/mol. The summed E-state index contributed by atoms with van der Waals surface area (Å²) in [5.74, 6) is 0.710. The number of amides is 2. The maximum atomic E-state index is 12.4. The second-order valence-corrected chi connectivity index (χ2v) is 9.28. The number of carbonyl (C=O) groups is 2. The van der Waals surface area contributed by atoms with E-state index in [1.54, 1.807) is 30.1 Å². The largest absolute Gasteiger partial charge is 0.355 e. The number of anilines is 5. The van der Waals surface area contributed by atoms with Crippen LogP contribution in [0.25, 0.3) is 0 Å². The van der Waals surface area contributed by atoms with E-state index in [2.05, 4.69) is 39.8 Å². The number of fused-ring (bicyclic) bond motifs is 1. The van der Waals surface area contributed by atoms with E-state index in [-0.39, 0.29) is 17.2 Å². The number of aromatic nitrogens is 2. The number of rotatable bonds is 5. The van der Waals surface area contributed by atoms with Crippen molar-refractivity contribution < 1.29 is 9.59 Å². The fourth-order valence-electron chi connectivity index (χ4n) is 3.97. The molecule has 1 aliphatic heterocycles. The summed E-state index contributed by atoms with van der Waals surface area (Å²) in [5.41, 5.74) is 3.85. The van der Waals surface area contributed by atoms with Gasteiger partial charge in [-0.05, 0) is 53.8 Å². The van der Waals surface area contributed by atoms with E-state index < -0.39 is 0 Å². The van der Waals surface area contributed by atoms with Gasteiger partial charge in [0.15, 0.2) is 5.82 Å². The summed E-state index contributed by atoms with van der Waals surface area (Å²) in [7, 11) is 3.40. The molecule has 2 heterocycles. The van der Waals surface area contributed by atoms with Crippen molar-refractivity contribution in [3.8, 4) is 0 Å². The summed E-state index contributed by atoms with van der Waals surface area (Å²) < 4.78 is 0. The third kappa shape index (κ3) is 4.82. The molecular weight excluding hydrogens is 452 g/mol. The van der Waals surface area contributed by atoms with E-state index >= 15 is 0 Å². The van der Waals surface area contributed by atoms with E-state index in [9.17, 15) is 9.59 Å². The van der Waals surface area contributed by atoms with Gasteiger partial charge in [0, 0.05) is 43.1 Å². The van der Waals surface area contributed by atoms with E-state index in [0.717, 1.165) is 23.4 Å². The molecule has 1 aromatic heterocycles. The van der Waals surface area contributed by atoms with Crippen LogP contribution in [0.15, 0.2) is 48.7 Å². The third-order valence-corrected chi connectivity index (χ3v) is 6.32. The van der Waals surface area contributed by atoms with E-state index in [4.69, 9.17) is 11.6 Å². The maximum Gasteiger partial charge on any atom is 0.251 e. The average Bonchev–Trinajstić information content (AvgIpc) is 2.91. The molecule has 0 fully saturated rings. The summed E-state index contributed by atoms with van der Waals surface area (Å²) in [6.07, 6.45) is 2.80. The van der Waals surface area contributed by atoms with Gasteiger partial charge >= 0.3 is 0 Å². The summed E-state index contributed by atoms with van der Waals surface area (Å²) in [4.78, 5) is 34.9. The van der Waals surface area contributed by atoms with Crippen LogP contribution in [0, 0.1) is 0 Å². The molecule has 0 atom stereocenters. The van der Waals surface area contributed by atoms with Crippen LogP contribution >= 0.6 is 11.6 Å². The molecule has 0 aliphatic carbocycles. The zero-order chi connectivity index (χ0) is 24.5. The highest BCUT2D eigenvalue weighted by atomic mass is 35.5. The van der Waals surface area contributed by atoms with Crippen molar-refractivity contribution in [3.05, 3.63) is 64.8 Å². The molecule has 1 aliphatic rings. The third-order valence-electron chi connectivity index (χ3n) is 6.04. The molecule has 2 amide bonds. The number of nitrogens with zero attached hydrogens (tertiary/aromatic N) is 3. The summed E-state index contributed by atoms with van der Waals surface area (Å²) >= 11 is 6.33. The van der Waals surface area contributed by atoms with Gasteiger partial charge in [-0.3, -0.25) is 9.59 Å². The van der Waals surface area contributed by atoms with Crippen LogP contribution in [-0.2, 0) is 10.2 Å². The number of hydrogen-bond acceptors (Lipinski definition) is 6. The highest BCUT2D eigenvalue weighted by Crippen LogP contribution is 2.40. The lowest BCUT2D eigenvalue weighted by Crippen LogP contribution is -2.25. The highest BCUT2D eigenvalue weighted by Gasteiger charge is 2.31. The van der Waals surface area contributed by atoms with Crippen LogP contribution < -0.4 is 20.9 Å². The predicted molar refractivity (Wildman–Crippen MR) is 136 cm³/mol. The number of benzene rings is 2. The lowest BCUT2D eigenvalue weighted by atomic mass is 9.80. The van der Waals surface area contributed by atoms with Crippen molar-refractivity contribution in [3.63, 3.8) is 0 Å². The maximum absolute atomic E-state index is 12.4. The quantitative estimate of drug-likeness (QED) is 0.476. The Bertz CT molecular complexity index is 1260. The van der Waals surface area contributed by atoms with Crippen molar-refractivity contribution in [1.82, 2.24) is 15.3 Å². The van der Waals surface area contributed by atoms with Gasteiger partial charge in [0.1, 0.15) is 5.02 Å². The molecule has 3 N–H and O–H groups in total. The van der Waals surface area contributed by atoms with Gasteiger partial charge in [-0.25, -0.2) is 4.98 Å². The smallest absolute Gasteiger partial charge is 0.251 e. The molecule has 0 saturated carbocycles. The standard InChI is InChI=1S/C25H27ClN6O2/c1-25(2)11-10-21(33)32(4)20-9-8-17(13-18(20)25)30-24-28-14-19(26)22(31-24)29-16-7-5-6-15(12-16)23(34)27-3/h5-9,12-14H,10-11H2,1-4H3,(H,27,34)(H2,28,29,30,31). The Morgan fingerprint density at radius 3 is 2.65 bits per heavy atom. The Labute approximate surface area is 203 Å². The topological polar surface area (TPSA) is 99.2 Å². The lowest BCUT2D eigenvalue weighted by Gasteiger charge is -2.27. The molecule has 0 spiro atoms. The van der Waals surface area contributed by atoms with E-state index in [1.165, 1.54) is 6.20 Å². The Balaban J connectivity index is 1.60. The zero-order valence-electron chi connectivity index (χ0n) is 19.6. The van der Waals surface area contributed by atoms with Crippen LogP contribution in [0.5, 0.6) is 0 Å². The highest BCUT2D eigenvalue weighted by molar-refractivity contribution is 6.32. The Hall–Kier alpha value is -3.65. The Morgan fingerprint density at radius 2 is 1.88 bits per heavy atom. The van der Waals surface area contributed by atoms with E-state index in [1.807, 2.05) is 31.3 Å². The second-order valence-electron chi connectivity index (χ2n) is 8.87. The molecule has 176 valence electrons. The predicted octanol–water partition coefficient (Wildman–Crippen LogP) is 5.01. The van der Waals surface area contributed by atoms with Crippen molar-refractivity contribution >= 4 is 52.2 Å². The van der Waals surface area contributed by atoms with Crippen LogP contribution in [0.4, 0.5) is 28.8 Å². The summed E-state index contributed by atoms with van der Waals surface area (Å²) in [5, 5.41) is 9.35. The van der Waals surface area contributed by atoms with Crippen molar-refractivity contribution in [2.45, 2.75) is 32.1 Å². The SMILES string of the molecule is CNC(=O)c1cccc(Nc2nc(Nc3ccc4c(c3)C(C)(C)CCC(=O)N4C)ncc2Cl)c1. The van der Waals surface area contributed by atoms with Crippen molar-refractivity contribution in [1.29, 1.82) is 0 Å². The molecule has 34 heavy (non-hydrogen) atoms. The van der Waals surface area contributed by atoms with Gasteiger partial charge in [-0.1, -0.05) is 31.5 Å². The Morgan fingerprint density at radius 1 is 1.12 bits per heavy atom. The van der Waals surface area contributed by atoms with Gasteiger partial charge < -0.3 is 20.9 Å². The molecule has 0 saturated heterocycles. The molecule has 0 radical (unpaired) electrons. The minimum atomic E-state index is -0.182. The summed E-state index contributed by atoms with van der Waals surface area (Å²) in [6, 6.07) is 12.9. The van der Waals surface area contributed by atoms with E-state index in [0.29, 0.717) is 34.5 Å². The first-order valence-electron chi connectivity index (χ1n) is 11.0. The first-order valence-corrected chi connectivity index (χ1v) is 11.4. The first kappa shape index (κ1) is 23.5. The number of hydrogen-bond donors (Lipinski definition) is 3. The average molecular weight is 479 g/mol. The number of nitrogens with one attached hydrogen (secondary N) is 3.